The Morgan fingerprint density at radius 3 is 2.90 bits per heavy atom. The molecule has 1 saturated heterocycles. The zero-order chi connectivity index (χ0) is 14.1. The monoisotopic (exact) mass is 271 g/mol. The molecule has 3 N–H and O–H groups in total. The molecule has 1 aromatic carbocycles. The summed E-state index contributed by atoms with van der Waals surface area (Å²) in [5.74, 6) is 0.664. The van der Waals surface area contributed by atoms with Gasteiger partial charge >= 0.3 is 0 Å². The van der Waals surface area contributed by atoms with Crippen molar-refractivity contribution in [2.45, 2.75) is 39.3 Å². The lowest BCUT2D eigenvalue weighted by Gasteiger charge is -2.37. The highest BCUT2D eigenvalue weighted by Gasteiger charge is 2.25. The summed E-state index contributed by atoms with van der Waals surface area (Å²) in [6, 6.07) is 9.26. The van der Waals surface area contributed by atoms with Crippen molar-refractivity contribution in [3.63, 3.8) is 0 Å². The lowest BCUT2D eigenvalue weighted by atomic mass is 9.93. The van der Waals surface area contributed by atoms with Crippen LogP contribution in [0.2, 0.25) is 0 Å². The molecule has 0 bridgehead atoms. The average Bonchev–Trinajstić information content (AvgIpc) is 2.77. The first-order valence-electron chi connectivity index (χ1n) is 7.69. The minimum Gasteiger partial charge on any atom is -0.358 e. The smallest absolute Gasteiger partial charge is 0.0459 e. The number of nitrogens with zero attached hydrogens (tertiary/aromatic N) is 1. The number of piperidine rings is 1. The minimum absolute atomic E-state index is 0.658. The Balaban J connectivity index is 1.86. The highest BCUT2D eigenvalue weighted by Crippen LogP contribution is 2.27. The van der Waals surface area contributed by atoms with Crippen LogP contribution in [0.15, 0.2) is 24.3 Å². The molecular weight excluding hydrogens is 246 g/mol. The Morgan fingerprint density at radius 1 is 1.30 bits per heavy atom. The fourth-order valence-electron chi connectivity index (χ4n) is 3.42. The molecule has 0 amide bonds. The quantitative estimate of drug-likeness (QED) is 0.901. The van der Waals surface area contributed by atoms with Crippen molar-refractivity contribution in [2.24, 2.45) is 11.7 Å². The Labute approximate surface area is 121 Å². The van der Waals surface area contributed by atoms with Gasteiger partial charge in [0.1, 0.15) is 0 Å². The number of nitrogens with one attached hydrogen (secondary N) is 1. The lowest BCUT2D eigenvalue weighted by Crippen LogP contribution is -2.43. The van der Waals surface area contributed by atoms with Crippen LogP contribution < -0.4 is 5.73 Å². The molecule has 2 aromatic rings. The van der Waals surface area contributed by atoms with E-state index < -0.39 is 0 Å². The van der Waals surface area contributed by atoms with Crippen LogP contribution in [0.3, 0.4) is 0 Å². The van der Waals surface area contributed by atoms with Gasteiger partial charge in [0.05, 0.1) is 0 Å². The van der Waals surface area contributed by atoms with E-state index in [-0.39, 0.29) is 0 Å². The topological polar surface area (TPSA) is 45.0 Å². The minimum atomic E-state index is 0.658. The van der Waals surface area contributed by atoms with E-state index in [9.17, 15) is 0 Å². The number of likely N-dealkylation sites (tertiary alicyclic amines) is 1. The number of aryl methyl sites for hydroxylation is 1. The van der Waals surface area contributed by atoms with Crippen molar-refractivity contribution in [1.29, 1.82) is 0 Å². The molecule has 108 valence electrons. The van der Waals surface area contributed by atoms with E-state index in [2.05, 4.69) is 48.0 Å². The number of hydrogen-bond donors (Lipinski definition) is 2. The zero-order valence-electron chi connectivity index (χ0n) is 12.5. The zero-order valence-corrected chi connectivity index (χ0v) is 12.5. The van der Waals surface area contributed by atoms with Gasteiger partial charge in [-0.05, 0) is 50.8 Å². The maximum absolute atomic E-state index is 5.87. The van der Waals surface area contributed by atoms with Crippen molar-refractivity contribution in [3.05, 3.63) is 35.5 Å². The molecule has 2 heterocycles. The highest BCUT2D eigenvalue weighted by molar-refractivity contribution is 5.84. The van der Waals surface area contributed by atoms with Crippen LogP contribution in [0.5, 0.6) is 0 Å². The van der Waals surface area contributed by atoms with Crippen LogP contribution in [-0.2, 0) is 6.54 Å². The van der Waals surface area contributed by atoms with E-state index in [1.54, 1.807) is 0 Å². The number of aromatic amines is 1. The van der Waals surface area contributed by atoms with Gasteiger partial charge in [-0.1, -0.05) is 18.2 Å². The van der Waals surface area contributed by atoms with Gasteiger partial charge in [-0.2, -0.15) is 0 Å². The predicted molar refractivity (Wildman–Crippen MR) is 84.7 cm³/mol. The molecule has 2 unspecified atom stereocenters. The summed E-state index contributed by atoms with van der Waals surface area (Å²) in [6.07, 6.45) is 2.55. The van der Waals surface area contributed by atoms with Gasteiger partial charge in [-0.3, -0.25) is 4.90 Å². The summed E-state index contributed by atoms with van der Waals surface area (Å²) in [5, 5.41) is 1.37. The Bertz CT molecular complexity index is 587. The third kappa shape index (κ3) is 2.48. The van der Waals surface area contributed by atoms with Crippen molar-refractivity contribution < 1.29 is 0 Å². The van der Waals surface area contributed by atoms with E-state index in [0.717, 1.165) is 19.6 Å². The third-order valence-electron chi connectivity index (χ3n) is 4.83. The van der Waals surface area contributed by atoms with Crippen molar-refractivity contribution in [3.8, 4) is 0 Å². The van der Waals surface area contributed by atoms with Gasteiger partial charge < -0.3 is 10.7 Å². The predicted octanol–water partition coefficient (Wildman–Crippen LogP) is 3.04. The molecule has 2 atom stereocenters. The fraction of sp³-hybridized carbons (Fsp3) is 0.529. The normalized spacial score (nSPS) is 24.4. The van der Waals surface area contributed by atoms with E-state index in [0.29, 0.717) is 12.0 Å². The van der Waals surface area contributed by atoms with Crippen molar-refractivity contribution in [2.75, 3.05) is 13.1 Å². The Hall–Kier alpha value is -1.32. The van der Waals surface area contributed by atoms with Gasteiger partial charge in [0.25, 0.3) is 0 Å². The number of aromatic nitrogens is 1. The average molecular weight is 271 g/mol. The third-order valence-corrected chi connectivity index (χ3v) is 4.83. The van der Waals surface area contributed by atoms with Crippen molar-refractivity contribution >= 4 is 10.9 Å². The summed E-state index contributed by atoms with van der Waals surface area (Å²) in [5.41, 5.74) is 9.87. The van der Waals surface area contributed by atoms with Crippen molar-refractivity contribution in [1.82, 2.24) is 9.88 Å². The van der Waals surface area contributed by atoms with Gasteiger partial charge in [-0.15, -0.1) is 0 Å². The van der Waals surface area contributed by atoms with Gasteiger partial charge in [0, 0.05) is 35.7 Å². The highest BCUT2D eigenvalue weighted by atomic mass is 15.2. The molecule has 3 heteroatoms. The number of fused-ring (bicyclic) bond motifs is 1. The number of rotatable bonds is 3. The summed E-state index contributed by atoms with van der Waals surface area (Å²) in [4.78, 5) is 6.11. The van der Waals surface area contributed by atoms with E-state index in [1.807, 2.05) is 0 Å². The molecular formula is C17H25N3. The Kier molecular flexibility index (Phi) is 3.81. The molecule has 0 radical (unpaired) electrons. The first kappa shape index (κ1) is 13.7. The first-order chi connectivity index (χ1) is 9.69. The molecule has 0 saturated carbocycles. The number of para-hydroxylation sites is 1. The van der Waals surface area contributed by atoms with Gasteiger partial charge in [0.15, 0.2) is 0 Å². The van der Waals surface area contributed by atoms with Crippen LogP contribution in [0.25, 0.3) is 10.9 Å². The van der Waals surface area contributed by atoms with E-state index in [1.165, 1.54) is 35.0 Å². The second kappa shape index (κ2) is 5.58. The Morgan fingerprint density at radius 2 is 2.10 bits per heavy atom. The van der Waals surface area contributed by atoms with Crippen LogP contribution >= 0.6 is 0 Å². The van der Waals surface area contributed by atoms with Gasteiger partial charge in [-0.25, -0.2) is 0 Å². The van der Waals surface area contributed by atoms with Crippen LogP contribution in [0, 0.1) is 12.8 Å². The van der Waals surface area contributed by atoms with Crippen LogP contribution in [-0.4, -0.2) is 29.0 Å². The number of hydrogen-bond acceptors (Lipinski definition) is 2. The summed E-state index contributed by atoms with van der Waals surface area (Å²) >= 11 is 0. The molecule has 3 rings (SSSR count). The molecule has 0 spiro atoms. The molecule has 1 aliphatic rings. The summed E-state index contributed by atoms with van der Waals surface area (Å²) < 4.78 is 0. The number of benzene rings is 1. The standard InChI is InChI=1S/C17H25N3/c1-12-7-8-14(9-18)10-20(12)11-16-13(2)19-17-6-4-3-5-15(16)17/h3-6,12,14,19H,7-11,18H2,1-2H3. The molecule has 0 aliphatic carbocycles. The fourth-order valence-corrected chi connectivity index (χ4v) is 3.42. The molecule has 1 aliphatic heterocycles. The van der Waals surface area contributed by atoms with Crippen LogP contribution in [0.4, 0.5) is 0 Å². The van der Waals surface area contributed by atoms with E-state index in [4.69, 9.17) is 5.73 Å². The second-order valence-electron chi connectivity index (χ2n) is 6.23. The second-order valence-corrected chi connectivity index (χ2v) is 6.23. The van der Waals surface area contributed by atoms with E-state index >= 15 is 0 Å². The molecule has 1 aromatic heterocycles. The van der Waals surface area contributed by atoms with Gasteiger partial charge in [0.2, 0.25) is 0 Å². The maximum atomic E-state index is 5.87. The molecule has 1 fully saturated rings. The maximum Gasteiger partial charge on any atom is 0.0459 e. The number of nitrogens with two attached hydrogens (primary N) is 1. The largest absolute Gasteiger partial charge is 0.358 e. The van der Waals surface area contributed by atoms with Crippen LogP contribution in [0.1, 0.15) is 31.0 Å². The molecule has 20 heavy (non-hydrogen) atoms. The lowest BCUT2D eigenvalue weighted by molar-refractivity contribution is 0.113. The molecule has 3 nitrogen and oxygen atoms in total. The summed E-state index contributed by atoms with van der Waals surface area (Å²) in [7, 11) is 0. The SMILES string of the molecule is Cc1[nH]c2ccccc2c1CN1CC(CN)CCC1C. The summed E-state index contributed by atoms with van der Waals surface area (Å²) in [6.45, 7) is 7.52. The number of H-pyrrole nitrogens is 1. The first-order valence-corrected chi connectivity index (χ1v) is 7.69.